The number of amides is 1. The number of benzene rings is 2. The molecule has 1 aliphatic rings. The van der Waals surface area contributed by atoms with Crippen LogP contribution in [0.25, 0.3) is 0 Å². The summed E-state index contributed by atoms with van der Waals surface area (Å²) < 4.78 is 21.3. The van der Waals surface area contributed by atoms with Gasteiger partial charge in [0.25, 0.3) is 5.91 Å². The van der Waals surface area contributed by atoms with Crippen LogP contribution in [0.2, 0.25) is 0 Å². The first kappa shape index (κ1) is 17.3. The van der Waals surface area contributed by atoms with Gasteiger partial charge < -0.3 is 9.64 Å². The summed E-state index contributed by atoms with van der Waals surface area (Å²) in [7, 11) is 0. The van der Waals surface area contributed by atoms with E-state index in [4.69, 9.17) is 4.74 Å². The largest absolute Gasteiger partial charge is 0.487 e. The zero-order valence-electron chi connectivity index (χ0n) is 15.1. The van der Waals surface area contributed by atoms with Crippen LogP contribution in [0.4, 0.5) is 4.39 Å². The number of carbonyl (C=O) groups is 1. The molecule has 0 N–H and O–H groups in total. The summed E-state index contributed by atoms with van der Waals surface area (Å²) in [5, 5.41) is 4.55. The number of aromatic nitrogens is 2. The predicted octanol–water partition coefficient (Wildman–Crippen LogP) is 3.57. The first-order valence-electron chi connectivity index (χ1n) is 8.88. The van der Waals surface area contributed by atoms with Crippen LogP contribution in [-0.4, -0.2) is 27.1 Å². The van der Waals surface area contributed by atoms with E-state index >= 15 is 0 Å². The Hall–Kier alpha value is -3.15. The lowest BCUT2D eigenvalue weighted by molar-refractivity contribution is 0.0705. The molecule has 1 amide bonds. The normalized spacial score (nSPS) is 13.3. The first-order chi connectivity index (χ1) is 13.1. The SMILES string of the molecule is Cc1cc(F)cc(C(=O)N2CCn3nc(COc4ccccc4)cc3C2)c1. The molecule has 0 bridgehead atoms. The molecule has 0 fully saturated rings. The van der Waals surface area contributed by atoms with Crippen LogP contribution in [0, 0.1) is 12.7 Å². The van der Waals surface area contributed by atoms with Gasteiger partial charge in [0, 0.05) is 12.1 Å². The molecule has 1 aromatic heterocycles. The standard InChI is InChI=1S/C21H20FN3O2/c1-15-9-16(11-17(22)10-15)21(26)24-7-8-25-19(13-24)12-18(23-25)14-27-20-5-3-2-4-6-20/h2-6,9-12H,7-8,13-14H2,1H3. The lowest BCUT2D eigenvalue weighted by Crippen LogP contribution is -2.38. The molecule has 0 saturated heterocycles. The molecule has 27 heavy (non-hydrogen) atoms. The highest BCUT2D eigenvalue weighted by molar-refractivity contribution is 5.94. The second-order valence-electron chi connectivity index (χ2n) is 6.70. The Morgan fingerprint density at radius 2 is 1.96 bits per heavy atom. The van der Waals surface area contributed by atoms with Gasteiger partial charge in [-0.2, -0.15) is 5.10 Å². The molecule has 1 aliphatic heterocycles. The second-order valence-corrected chi connectivity index (χ2v) is 6.70. The van der Waals surface area contributed by atoms with Gasteiger partial charge in [-0.05, 0) is 48.9 Å². The van der Waals surface area contributed by atoms with Crippen LogP contribution >= 0.6 is 0 Å². The summed E-state index contributed by atoms with van der Waals surface area (Å²) >= 11 is 0. The van der Waals surface area contributed by atoms with E-state index < -0.39 is 0 Å². The minimum atomic E-state index is -0.388. The Kier molecular flexibility index (Phi) is 4.62. The molecular weight excluding hydrogens is 345 g/mol. The van der Waals surface area contributed by atoms with Crippen LogP contribution in [0.15, 0.2) is 54.6 Å². The topological polar surface area (TPSA) is 47.4 Å². The zero-order valence-corrected chi connectivity index (χ0v) is 15.1. The maximum atomic E-state index is 13.6. The highest BCUT2D eigenvalue weighted by Crippen LogP contribution is 2.19. The van der Waals surface area contributed by atoms with E-state index in [0.717, 1.165) is 22.7 Å². The third-order valence-electron chi connectivity index (χ3n) is 4.55. The minimum absolute atomic E-state index is 0.160. The van der Waals surface area contributed by atoms with Gasteiger partial charge in [-0.15, -0.1) is 0 Å². The number of para-hydroxylation sites is 1. The summed E-state index contributed by atoms with van der Waals surface area (Å²) in [5.41, 5.74) is 2.90. The Bertz CT molecular complexity index is 949. The number of fused-ring (bicyclic) bond motifs is 1. The number of halogens is 1. The van der Waals surface area contributed by atoms with Crippen molar-refractivity contribution < 1.29 is 13.9 Å². The molecule has 0 aliphatic carbocycles. The summed E-state index contributed by atoms with van der Waals surface area (Å²) in [6.07, 6.45) is 0. The molecule has 0 radical (unpaired) electrons. The van der Waals surface area contributed by atoms with Crippen molar-refractivity contribution in [1.82, 2.24) is 14.7 Å². The molecule has 0 saturated carbocycles. The average Bonchev–Trinajstić information content (AvgIpc) is 3.08. The van der Waals surface area contributed by atoms with Gasteiger partial charge in [-0.1, -0.05) is 18.2 Å². The molecule has 0 unspecified atom stereocenters. The molecule has 6 heteroatoms. The fraction of sp³-hybridized carbons (Fsp3) is 0.238. The molecule has 4 rings (SSSR count). The van der Waals surface area contributed by atoms with Crippen molar-refractivity contribution in [1.29, 1.82) is 0 Å². The summed E-state index contributed by atoms with van der Waals surface area (Å²) in [6, 6.07) is 16.0. The lowest BCUT2D eigenvalue weighted by atomic mass is 10.1. The van der Waals surface area contributed by atoms with Crippen molar-refractivity contribution in [3.05, 3.63) is 82.9 Å². The monoisotopic (exact) mass is 365 g/mol. The number of aryl methyl sites for hydroxylation is 1. The van der Waals surface area contributed by atoms with E-state index in [1.54, 1.807) is 17.9 Å². The second kappa shape index (κ2) is 7.23. The van der Waals surface area contributed by atoms with Gasteiger partial charge in [0.2, 0.25) is 0 Å². The number of rotatable bonds is 4. The smallest absolute Gasteiger partial charge is 0.254 e. The molecule has 0 atom stereocenters. The molecule has 3 aromatic rings. The van der Waals surface area contributed by atoms with Crippen molar-refractivity contribution in [2.75, 3.05) is 6.54 Å². The van der Waals surface area contributed by atoms with Gasteiger partial charge in [-0.3, -0.25) is 9.48 Å². The van der Waals surface area contributed by atoms with Gasteiger partial charge >= 0.3 is 0 Å². The minimum Gasteiger partial charge on any atom is -0.487 e. The van der Waals surface area contributed by atoms with Crippen molar-refractivity contribution in [2.24, 2.45) is 0 Å². The van der Waals surface area contributed by atoms with Crippen LogP contribution in [-0.2, 0) is 19.7 Å². The fourth-order valence-corrected chi connectivity index (χ4v) is 3.29. The van der Waals surface area contributed by atoms with Gasteiger partial charge in [-0.25, -0.2) is 4.39 Å². The highest BCUT2D eigenvalue weighted by Gasteiger charge is 2.24. The van der Waals surface area contributed by atoms with Crippen LogP contribution < -0.4 is 4.74 Å². The van der Waals surface area contributed by atoms with Crippen LogP contribution in [0.3, 0.4) is 0 Å². The zero-order chi connectivity index (χ0) is 18.8. The Labute approximate surface area is 157 Å². The molecular formula is C21H20FN3O2. The number of ether oxygens (including phenoxy) is 1. The van der Waals surface area contributed by atoms with E-state index in [1.807, 2.05) is 41.1 Å². The van der Waals surface area contributed by atoms with E-state index in [9.17, 15) is 9.18 Å². The number of hydrogen-bond acceptors (Lipinski definition) is 3. The van der Waals surface area contributed by atoms with Crippen LogP contribution in [0.1, 0.15) is 27.3 Å². The summed E-state index contributed by atoms with van der Waals surface area (Å²) in [6.45, 7) is 3.76. The molecule has 5 nitrogen and oxygen atoms in total. The van der Waals surface area contributed by atoms with Crippen molar-refractivity contribution in [2.45, 2.75) is 26.6 Å². The van der Waals surface area contributed by atoms with E-state index in [2.05, 4.69) is 5.10 Å². The lowest BCUT2D eigenvalue weighted by Gasteiger charge is -2.27. The molecule has 2 heterocycles. The summed E-state index contributed by atoms with van der Waals surface area (Å²) in [5.74, 6) is 0.245. The molecule has 0 spiro atoms. The average molecular weight is 365 g/mol. The Balaban J connectivity index is 1.45. The summed E-state index contributed by atoms with van der Waals surface area (Å²) in [4.78, 5) is 14.5. The number of carbonyl (C=O) groups excluding carboxylic acids is 1. The first-order valence-corrected chi connectivity index (χ1v) is 8.88. The van der Waals surface area contributed by atoms with E-state index in [0.29, 0.717) is 31.8 Å². The third-order valence-corrected chi connectivity index (χ3v) is 4.55. The number of hydrogen-bond donors (Lipinski definition) is 0. The molecule has 2 aromatic carbocycles. The Morgan fingerprint density at radius 1 is 1.15 bits per heavy atom. The van der Waals surface area contributed by atoms with Crippen molar-refractivity contribution >= 4 is 5.91 Å². The third kappa shape index (κ3) is 3.84. The van der Waals surface area contributed by atoms with E-state index in [-0.39, 0.29) is 11.7 Å². The van der Waals surface area contributed by atoms with Gasteiger partial charge in [0.1, 0.15) is 23.9 Å². The van der Waals surface area contributed by atoms with Crippen molar-refractivity contribution in [3.8, 4) is 5.75 Å². The van der Waals surface area contributed by atoms with Gasteiger partial charge in [0.15, 0.2) is 0 Å². The van der Waals surface area contributed by atoms with E-state index in [1.165, 1.54) is 12.1 Å². The number of nitrogens with zero attached hydrogens (tertiary/aromatic N) is 3. The quantitative estimate of drug-likeness (QED) is 0.710. The van der Waals surface area contributed by atoms with Gasteiger partial charge in [0.05, 0.1) is 18.8 Å². The maximum Gasteiger partial charge on any atom is 0.254 e. The Morgan fingerprint density at radius 3 is 2.74 bits per heavy atom. The maximum absolute atomic E-state index is 13.6. The highest BCUT2D eigenvalue weighted by atomic mass is 19.1. The predicted molar refractivity (Wildman–Crippen MR) is 98.9 cm³/mol. The fourth-order valence-electron chi connectivity index (χ4n) is 3.29. The van der Waals surface area contributed by atoms with Crippen LogP contribution in [0.5, 0.6) is 5.75 Å². The molecule has 138 valence electrons. The van der Waals surface area contributed by atoms with Crippen molar-refractivity contribution in [3.63, 3.8) is 0 Å².